The summed E-state index contributed by atoms with van der Waals surface area (Å²) in [5, 5.41) is 6.61. The molecule has 6 heteroatoms. The molecule has 0 fully saturated rings. The van der Waals surface area contributed by atoms with Crippen LogP contribution in [0.1, 0.15) is 10.6 Å². The standard InChI is InChI=1S/C18H21N3OS.HI/c1-19-18(21(2)10-9-16-7-5-11-23-16)20-13-15-12-14-6-3-4-8-17(14)22-15;/h3-8,11-12H,9-10,13H2,1-2H3,(H,19,20);1H. The van der Waals surface area contributed by atoms with E-state index in [2.05, 4.69) is 51.9 Å². The minimum absolute atomic E-state index is 0. The monoisotopic (exact) mass is 455 g/mol. The Hall–Kier alpha value is -1.54. The molecule has 0 aliphatic carbocycles. The molecule has 2 heterocycles. The molecule has 128 valence electrons. The van der Waals surface area contributed by atoms with Crippen molar-refractivity contribution < 1.29 is 4.42 Å². The van der Waals surface area contributed by atoms with Crippen molar-refractivity contribution in [3.05, 3.63) is 58.5 Å². The molecule has 3 aromatic rings. The Morgan fingerprint density at radius 3 is 2.79 bits per heavy atom. The maximum absolute atomic E-state index is 5.83. The zero-order chi connectivity index (χ0) is 16.1. The molecule has 0 aliphatic rings. The highest BCUT2D eigenvalue weighted by atomic mass is 127. The van der Waals surface area contributed by atoms with Crippen LogP contribution in [0.5, 0.6) is 0 Å². The summed E-state index contributed by atoms with van der Waals surface area (Å²) in [6.07, 6.45) is 1.03. The Bertz CT molecular complexity index is 750. The van der Waals surface area contributed by atoms with E-state index in [4.69, 9.17) is 4.42 Å². The van der Waals surface area contributed by atoms with E-state index in [0.717, 1.165) is 35.7 Å². The lowest BCUT2D eigenvalue weighted by Gasteiger charge is -2.21. The molecule has 0 amide bonds. The number of hydrogen-bond acceptors (Lipinski definition) is 3. The van der Waals surface area contributed by atoms with Gasteiger partial charge in [0.15, 0.2) is 5.96 Å². The number of aliphatic imine (C=N–C) groups is 1. The number of likely N-dealkylation sites (N-methyl/N-ethyl adjacent to an activating group) is 1. The molecule has 24 heavy (non-hydrogen) atoms. The molecular weight excluding hydrogens is 433 g/mol. The number of guanidine groups is 1. The van der Waals surface area contributed by atoms with Crippen molar-refractivity contribution in [1.29, 1.82) is 0 Å². The number of rotatable bonds is 5. The molecule has 0 saturated carbocycles. The average Bonchev–Trinajstić information content (AvgIpc) is 3.22. The van der Waals surface area contributed by atoms with Crippen LogP contribution < -0.4 is 5.32 Å². The van der Waals surface area contributed by atoms with Crippen molar-refractivity contribution in [2.75, 3.05) is 20.6 Å². The summed E-state index contributed by atoms with van der Waals surface area (Å²) in [5.41, 5.74) is 0.922. The smallest absolute Gasteiger partial charge is 0.193 e. The Kier molecular flexibility index (Phi) is 7.11. The number of halogens is 1. The highest BCUT2D eigenvalue weighted by Gasteiger charge is 2.08. The summed E-state index contributed by atoms with van der Waals surface area (Å²) in [5.74, 6) is 1.79. The number of fused-ring (bicyclic) bond motifs is 1. The van der Waals surface area contributed by atoms with E-state index < -0.39 is 0 Å². The summed E-state index contributed by atoms with van der Waals surface area (Å²) in [6, 6.07) is 14.4. The topological polar surface area (TPSA) is 40.8 Å². The van der Waals surface area contributed by atoms with Crippen LogP contribution in [-0.2, 0) is 13.0 Å². The second-order valence-corrected chi connectivity index (χ2v) is 6.43. The van der Waals surface area contributed by atoms with Crippen LogP contribution in [0.4, 0.5) is 0 Å². The Labute approximate surface area is 163 Å². The van der Waals surface area contributed by atoms with Crippen LogP contribution in [-0.4, -0.2) is 31.5 Å². The number of para-hydroxylation sites is 1. The molecule has 1 aromatic carbocycles. The van der Waals surface area contributed by atoms with Gasteiger partial charge in [0, 0.05) is 30.9 Å². The number of nitrogens with one attached hydrogen (secondary N) is 1. The van der Waals surface area contributed by atoms with Crippen molar-refractivity contribution in [2.24, 2.45) is 4.99 Å². The van der Waals surface area contributed by atoms with Gasteiger partial charge in [-0.05, 0) is 30.0 Å². The zero-order valence-corrected chi connectivity index (χ0v) is 17.0. The fourth-order valence-corrected chi connectivity index (χ4v) is 3.21. The van der Waals surface area contributed by atoms with Gasteiger partial charge in [-0.1, -0.05) is 24.3 Å². The van der Waals surface area contributed by atoms with E-state index in [9.17, 15) is 0 Å². The molecule has 1 N–H and O–H groups in total. The van der Waals surface area contributed by atoms with Gasteiger partial charge in [0.25, 0.3) is 0 Å². The minimum Gasteiger partial charge on any atom is -0.459 e. The second-order valence-electron chi connectivity index (χ2n) is 5.40. The summed E-state index contributed by atoms with van der Waals surface area (Å²) < 4.78 is 5.83. The average molecular weight is 455 g/mol. The Morgan fingerprint density at radius 1 is 1.25 bits per heavy atom. The molecule has 3 rings (SSSR count). The zero-order valence-electron chi connectivity index (χ0n) is 13.9. The molecule has 0 aliphatic heterocycles. The lowest BCUT2D eigenvalue weighted by atomic mass is 10.2. The Morgan fingerprint density at radius 2 is 2.08 bits per heavy atom. The van der Waals surface area contributed by atoms with Gasteiger partial charge in [-0.15, -0.1) is 35.3 Å². The van der Waals surface area contributed by atoms with Crippen molar-refractivity contribution in [3.8, 4) is 0 Å². The minimum atomic E-state index is 0. The van der Waals surface area contributed by atoms with E-state index in [1.54, 1.807) is 11.3 Å². The molecule has 0 saturated heterocycles. The van der Waals surface area contributed by atoms with Crippen LogP contribution in [0.2, 0.25) is 0 Å². The van der Waals surface area contributed by atoms with E-state index in [1.165, 1.54) is 4.88 Å². The molecule has 0 unspecified atom stereocenters. The van der Waals surface area contributed by atoms with E-state index in [0.29, 0.717) is 6.54 Å². The van der Waals surface area contributed by atoms with Crippen molar-refractivity contribution >= 4 is 52.2 Å². The predicted molar refractivity (Wildman–Crippen MR) is 112 cm³/mol. The Balaban J connectivity index is 0.00000208. The number of furan rings is 1. The van der Waals surface area contributed by atoms with Crippen molar-refractivity contribution in [3.63, 3.8) is 0 Å². The molecule has 0 spiro atoms. The van der Waals surface area contributed by atoms with Gasteiger partial charge >= 0.3 is 0 Å². The quantitative estimate of drug-likeness (QED) is 0.353. The van der Waals surface area contributed by atoms with E-state index >= 15 is 0 Å². The van der Waals surface area contributed by atoms with Gasteiger partial charge in [0.2, 0.25) is 0 Å². The van der Waals surface area contributed by atoms with Gasteiger partial charge < -0.3 is 14.6 Å². The highest BCUT2D eigenvalue weighted by molar-refractivity contribution is 14.0. The molecule has 2 aromatic heterocycles. The highest BCUT2D eigenvalue weighted by Crippen LogP contribution is 2.18. The third-order valence-corrected chi connectivity index (χ3v) is 4.68. The predicted octanol–water partition coefficient (Wildman–Crippen LogP) is 4.36. The normalized spacial score (nSPS) is 11.3. The molecule has 0 atom stereocenters. The van der Waals surface area contributed by atoms with Crippen molar-refractivity contribution in [2.45, 2.75) is 13.0 Å². The van der Waals surface area contributed by atoms with Crippen LogP contribution >= 0.6 is 35.3 Å². The first kappa shape index (κ1) is 18.8. The summed E-state index contributed by atoms with van der Waals surface area (Å²) in [7, 11) is 3.87. The second kappa shape index (κ2) is 9.08. The number of benzene rings is 1. The lowest BCUT2D eigenvalue weighted by molar-refractivity contribution is 0.474. The summed E-state index contributed by atoms with van der Waals surface area (Å²) in [6.45, 7) is 1.56. The first-order valence-corrected chi connectivity index (χ1v) is 8.56. The van der Waals surface area contributed by atoms with Crippen LogP contribution in [0, 0.1) is 0 Å². The molecule has 0 radical (unpaired) electrons. The van der Waals surface area contributed by atoms with E-state index in [-0.39, 0.29) is 24.0 Å². The van der Waals surface area contributed by atoms with Crippen LogP contribution in [0.25, 0.3) is 11.0 Å². The van der Waals surface area contributed by atoms with Gasteiger partial charge in [0.1, 0.15) is 11.3 Å². The largest absolute Gasteiger partial charge is 0.459 e. The van der Waals surface area contributed by atoms with Crippen LogP contribution in [0.3, 0.4) is 0 Å². The number of nitrogens with zero attached hydrogens (tertiary/aromatic N) is 2. The molecule has 0 bridgehead atoms. The number of hydrogen-bond donors (Lipinski definition) is 1. The third kappa shape index (κ3) is 4.73. The lowest BCUT2D eigenvalue weighted by Crippen LogP contribution is -2.39. The van der Waals surface area contributed by atoms with Gasteiger partial charge in [-0.25, -0.2) is 0 Å². The fraction of sp³-hybridized carbons (Fsp3) is 0.278. The van der Waals surface area contributed by atoms with Gasteiger partial charge in [-0.3, -0.25) is 4.99 Å². The fourth-order valence-electron chi connectivity index (χ4n) is 2.51. The first-order valence-electron chi connectivity index (χ1n) is 7.68. The maximum atomic E-state index is 5.83. The summed E-state index contributed by atoms with van der Waals surface area (Å²) in [4.78, 5) is 7.88. The maximum Gasteiger partial charge on any atom is 0.193 e. The molecule has 4 nitrogen and oxygen atoms in total. The first-order chi connectivity index (χ1) is 11.3. The van der Waals surface area contributed by atoms with Gasteiger partial charge in [-0.2, -0.15) is 0 Å². The SMILES string of the molecule is CN=C(NCc1cc2ccccc2o1)N(C)CCc1cccs1.I. The van der Waals surface area contributed by atoms with Gasteiger partial charge in [0.05, 0.1) is 6.54 Å². The number of thiophene rings is 1. The summed E-state index contributed by atoms with van der Waals surface area (Å²) >= 11 is 1.79. The molecular formula is C18H22IN3OS. The van der Waals surface area contributed by atoms with Crippen LogP contribution in [0.15, 0.2) is 57.3 Å². The van der Waals surface area contributed by atoms with Crippen molar-refractivity contribution in [1.82, 2.24) is 10.2 Å². The van der Waals surface area contributed by atoms with E-state index in [1.807, 2.05) is 25.2 Å². The third-order valence-electron chi connectivity index (χ3n) is 3.74.